The summed E-state index contributed by atoms with van der Waals surface area (Å²) in [5.74, 6) is 0.485. The number of hydrogen-bond acceptors (Lipinski definition) is 4. The van der Waals surface area contributed by atoms with Gasteiger partial charge in [-0.2, -0.15) is 8.42 Å². The van der Waals surface area contributed by atoms with Gasteiger partial charge in [-0.15, -0.1) is 0 Å². The summed E-state index contributed by atoms with van der Waals surface area (Å²) in [6.07, 6.45) is 3.20. The lowest BCUT2D eigenvalue weighted by atomic mass is 10.3. The minimum absolute atomic E-state index is 0.435. The SMILES string of the molecule is CS(=O)(=O)OC1=CCOCC1. The molecule has 0 aromatic carbocycles. The molecule has 0 saturated carbocycles. The zero-order chi connectivity index (χ0) is 8.32. The van der Waals surface area contributed by atoms with Crippen LogP contribution in [-0.2, 0) is 19.0 Å². The van der Waals surface area contributed by atoms with Crippen LogP contribution in [0.4, 0.5) is 0 Å². The molecule has 0 amide bonds. The lowest BCUT2D eigenvalue weighted by Gasteiger charge is -2.12. The van der Waals surface area contributed by atoms with Crippen molar-refractivity contribution in [1.82, 2.24) is 0 Å². The molecule has 0 aromatic heterocycles. The van der Waals surface area contributed by atoms with E-state index in [-0.39, 0.29) is 0 Å². The summed E-state index contributed by atoms with van der Waals surface area (Å²) in [5, 5.41) is 0. The molecule has 1 aliphatic rings. The van der Waals surface area contributed by atoms with Crippen LogP contribution in [0.15, 0.2) is 11.8 Å². The summed E-state index contributed by atoms with van der Waals surface area (Å²) in [6, 6.07) is 0. The first-order valence-electron chi connectivity index (χ1n) is 3.24. The third kappa shape index (κ3) is 3.38. The highest BCUT2D eigenvalue weighted by molar-refractivity contribution is 7.86. The van der Waals surface area contributed by atoms with E-state index < -0.39 is 10.1 Å². The number of ether oxygens (including phenoxy) is 1. The fourth-order valence-corrected chi connectivity index (χ4v) is 1.32. The van der Waals surface area contributed by atoms with E-state index in [1.807, 2.05) is 0 Å². The van der Waals surface area contributed by atoms with Crippen molar-refractivity contribution in [3.63, 3.8) is 0 Å². The average molecular weight is 178 g/mol. The minimum Gasteiger partial charge on any atom is -0.387 e. The lowest BCUT2D eigenvalue weighted by Crippen LogP contribution is -2.10. The second-order valence-electron chi connectivity index (χ2n) is 2.28. The lowest BCUT2D eigenvalue weighted by molar-refractivity contribution is 0.140. The maximum absolute atomic E-state index is 10.6. The molecule has 0 spiro atoms. The van der Waals surface area contributed by atoms with E-state index in [4.69, 9.17) is 4.74 Å². The van der Waals surface area contributed by atoms with Gasteiger partial charge in [0.15, 0.2) is 0 Å². The van der Waals surface area contributed by atoms with Gasteiger partial charge in [-0.3, -0.25) is 0 Å². The van der Waals surface area contributed by atoms with Gasteiger partial charge in [0.1, 0.15) is 5.76 Å². The van der Waals surface area contributed by atoms with Crippen molar-refractivity contribution in [1.29, 1.82) is 0 Å². The zero-order valence-electron chi connectivity index (χ0n) is 6.24. The van der Waals surface area contributed by atoms with E-state index in [2.05, 4.69) is 4.18 Å². The van der Waals surface area contributed by atoms with Crippen LogP contribution < -0.4 is 0 Å². The Morgan fingerprint density at radius 1 is 1.64 bits per heavy atom. The van der Waals surface area contributed by atoms with Gasteiger partial charge >= 0.3 is 10.1 Å². The number of rotatable bonds is 2. The van der Waals surface area contributed by atoms with Gasteiger partial charge in [0, 0.05) is 6.42 Å². The van der Waals surface area contributed by atoms with E-state index in [0.29, 0.717) is 25.4 Å². The van der Waals surface area contributed by atoms with Gasteiger partial charge in [0.25, 0.3) is 0 Å². The molecule has 0 fully saturated rings. The predicted molar refractivity (Wildman–Crippen MR) is 39.4 cm³/mol. The van der Waals surface area contributed by atoms with Crippen LogP contribution in [0.1, 0.15) is 6.42 Å². The van der Waals surface area contributed by atoms with Gasteiger partial charge in [0.05, 0.1) is 19.5 Å². The largest absolute Gasteiger partial charge is 0.387 e. The zero-order valence-corrected chi connectivity index (χ0v) is 7.06. The Hall–Kier alpha value is -0.550. The predicted octanol–water partition coefficient (Wildman–Crippen LogP) is 0.267. The normalized spacial score (nSPS) is 19.2. The summed E-state index contributed by atoms with van der Waals surface area (Å²) < 4.78 is 30.8. The van der Waals surface area contributed by atoms with E-state index in [1.165, 1.54) is 0 Å². The van der Waals surface area contributed by atoms with Crippen LogP contribution in [0.5, 0.6) is 0 Å². The van der Waals surface area contributed by atoms with Crippen LogP contribution in [0.2, 0.25) is 0 Å². The first-order chi connectivity index (χ1) is 5.08. The fourth-order valence-electron chi connectivity index (χ4n) is 0.780. The van der Waals surface area contributed by atoms with Crippen molar-refractivity contribution in [3.05, 3.63) is 11.8 Å². The highest BCUT2D eigenvalue weighted by Crippen LogP contribution is 2.11. The first kappa shape index (κ1) is 8.55. The fraction of sp³-hybridized carbons (Fsp3) is 0.667. The molecule has 0 bridgehead atoms. The van der Waals surface area contributed by atoms with Crippen molar-refractivity contribution in [3.8, 4) is 0 Å². The second-order valence-corrected chi connectivity index (χ2v) is 3.86. The minimum atomic E-state index is -3.35. The second kappa shape index (κ2) is 3.23. The van der Waals surface area contributed by atoms with Gasteiger partial charge in [-0.1, -0.05) is 0 Å². The van der Waals surface area contributed by atoms with Crippen LogP contribution in [0.25, 0.3) is 0 Å². The molecular formula is C6H10O4S. The van der Waals surface area contributed by atoms with Gasteiger partial charge in [0.2, 0.25) is 0 Å². The summed E-state index contributed by atoms with van der Waals surface area (Å²) >= 11 is 0. The standard InChI is InChI=1S/C6H10O4S/c1-11(7,8)10-6-2-4-9-5-3-6/h2H,3-5H2,1H3. The maximum Gasteiger partial charge on any atom is 0.305 e. The molecule has 0 N–H and O–H groups in total. The summed E-state index contributed by atoms with van der Waals surface area (Å²) in [6.45, 7) is 0.964. The van der Waals surface area contributed by atoms with Crippen LogP contribution in [0.3, 0.4) is 0 Å². The summed E-state index contributed by atoms with van der Waals surface area (Å²) in [4.78, 5) is 0. The van der Waals surface area contributed by atoms with E-state index >= 15 is 0 Å². The molecule has 0 radical (unpaired) electrons. The Bertz CT molecular complexity index is 252. The quantitative estimate of drug-likeness (QED) is 0.569. The third-order valence-corrected chi connectivity index (χ3v) is 1.70. The molecule has 64 valence electrons. The van der Waals surface area contributed by atoms with Crippen LogP contribution in [0, 0.1) is 0 Å². The van der Waals surface area contributed by atoms with E-state index in [1.54, 1.807) is 6.08 Å². The summed E-state index contributed by atoms with van der Waals surface area (Å²) in [7, 11) is -3.35. The summed E-state index contributed by atoms with van der Waals surface area (Å²) in [5.41, 5.74) is 0. The van der Waals surface area contributed by atoms with Crippen molar-refractivity contribution in [2.75, 3.05) is 19.5 Å². The molecule has 0 saturated heterocycles. The molecule has 11 heavy (non-hydrogen) atoms. The van der Waals surface area contributed by atoms with E-state index in [9.17, 15) is 8.42 Å². The molecule has 0 unspecified atom stereocenters. The topological polar surface area (TPSA) is 52.6 Å². The Labute approximate surface area is 65.9 Å². The van der Waals surface area contributed by atoms with Crippen LogP contribution in [-0.4, -0.2) is 27.9 Å². The molecule has 1 heterocycles. The average Bonchev–Trinajstić information content (AvgIpc) is 1.85. The molecule has 0 aliphatic carbocycles. The van der Waals surface area contributed by atoms with Gasteiger partial charge in [-0.05, 0) is 6.08 Å². The van der Waals surface area contributed by atoms with Crippen molar-refractivity contribution >= 4 is 10.1 Å². The molecule has 1 aliphatic heterocycles. The van der Waals surface area contributed by atoms with Gasteiger partial charge in [-0.25, -0.2) is 0 Å². The number of hydrogen-bond donors (Lipinski definition) is 0. The molecule has 4 nitrogen and oxygen atoms in total. The molecule has 0 atom stereocenters. The van der Waals surface area contributed by atoms with Crippen LogP contribution >= 0.6 is 0 Å². The maximum atomic E-state index is 10.6. The Morgan fingerprint density at radius 2 is 2.36 bits per heavy atom. The van der Waals surface area contributed by atoms with E-state index in [0.717, 1.165) is 6.26 Å². The highest BCUT2D eigenvalue weighted by atomic mass is 32.2. The Morgan fingerprint density at radius 3 is 2.82 bits per heavy atom. The smallest absolute Gasteiger partial charge is 0.305 e. The van der Waals surface area contributed by atoms with Crippen molar-refractivity contribution < 1.29 is 17.3 Å². The van der Waals surface area contributed by atoms with Crippen molar-refractivity contribution in [2.45, 2.75) is 6.42 Å². The molecule has 1 rings (SSSR count). The highest BCUT2D eigenvalue weighted by Gasteiger charge is 2.09. The monoisotopic (exact) mass is 178 g/mol. The molecule has 5 heteroatoms. The molecular weight excluding hydrogens is 168 g/mol. The van der Waals surface area contributed by atoms with Crippen molar-refractivity contribution in [2.24, 2.45) is 0 Å². The molecule has 0 aromatic rings. The Balaban J connectivity index is 2.55. The Kier molecular flexibility index (Phi) is 2.51. The van der Waals surface area contributed by atoms with Gasteiger partial charge < -0.3 is 8.92 Å². The third-order valence-electron chi connectivity index (χ3n) is 1.18. The first-order valence-corrected chi connectivity index (χ1v) is 5.06.